The fraction of sp³-hybridized carbons (Fsp3) is 0.556. The lowest BCUT2D eigenvalue weighted by Crippen LogP contribution is -2.38. The molecule has 0 saturated carbocycles. The van der Waals surface area contributed by atoms with Gasteiger partial charge >= 0.3 is 12.0 Å². The van der Waals surface area contributed by atoms with E-state index in [4.69, 9.17) is 5.11 Å². The molecule has 0 aromatic rings. The summed E-state index contributed by atoms with van der Waals surface area (Å²) in [4.78, 5) is 21.4. The highest BCUT2D eigenvalue weighted by atomic mass is 79.9. The number of halogens is 1. The first-order valence-electron chi connectivity index (χ1n) is 4.48. The number of hydrogen-bond acceptors (Lipinski definition) is 2. The number of aliphatic carboxylic acids is 1. The van der Waals surface area contributed by atoms with Crippen LogP contribution in [0.5, 0.6) is 0 Å². The predicted octanol–water partition coefficient (Wildman–Crippen LogP) is 1.30. The Kier molecular flexibility index (Phi) is 6.77. The first kappa shape index (κ1) is 14.0. The number of amides is 2. The molecule has 1 unspecified atom stereocenters. The summed E-state index contributed by atoms with van der Waals surface area (Å²) >= 11 is 3.10. The van der Waals surface area contributed by atoms with Crippen LogP contribution in [0.4, 0.5) is 4.79 Å². The molecule has 0 aromatic heterocycles. The maximum Gasteiger partial charge on any atom is 0.315 e. The maximum absolute atomic E-state index is 11.1. The summed E-state index contributed by atoms with van der Waals surface area (Å²) < 4.78 is 0.677. The van der Waals surface area contributed by atoms with Crippen molar-refractivity contribution >= 4 is 27.9 Å². The minimum absolute atomic E-state index is 0.0471. The highest BCUT2D eigenvalue weighted by Crippen LogP contribution is 1.99. The molecule has 0 aliphatic heterocycles. The van der Waals surface area contributed by atoms with Crippen LogP contribution in [0.15, 0.2) is 11.1 Å². The zero-order valence-electron chi connectivity index (χ0n) is 8.55. The molecule has 5 nitrogen and oxygen atoms in total. The van der Waals surface area contributed by atoms with Crippen molar-refractivity contribution in [1.82, 2.24) is 10.6 Å². The second-order valence-electron chi connectivity index (χ2n) is 3.28. The van der Waals surface area contributed by atoms with Crippen molar-refractivity contribution in [3.05, 3.63) is 11.1 Å². The van der Waals surface area contributed by atoms with Gasteiger partial charge in [0.1, 0.15) is 0 Å². The smallest absolute Gasteiger partial charge is 0.315 e. The third-order valence-corrected chi connectivity index (χ3v) is 1.86. The van der Waals surface area contributed by atoms with E-state index in [9.17, 15) is 9.59 Å². The predicted molar refractivity (Wildman–Crippen MR) is 60.9 cm³/mol. The van der Waals surface area contributed by atoms with Crippen molar-refractivity contribution in [1.29, 1.82) is 0 Å². The van der Waals surface area contributed by atoms with Gasteiger partial charge in [0.25, 0.3) is 0 Å². The van der Waals surface area contributed by atoms with Gasteiger partial charge in [-0.2, -0.15) is 0 Å². The lowest BCUT2D eigenvalue weighted by Gasteiger charge is -2.10. The highest BCUT2D eigenvalue weighted by molar-refractivity contribution is 9.11. The summed E-state index contributed by atoms with van der Waals surface area (Å²) in [5.74, 6) is -0.945. The molecule has 0 radical (unpaired) electrons. The highest BCUT2D eigenvalue weighted by Gasteiger charge is 2.08. The Hall–Kier alpha value is -1.04. The third kappa shape index (κ3) is 9.27. The van der Waals surface area contributed by atoms with Crippen molar-refractivity contribution in [3.63, 3.8) is 0 Å². The summed E-state index contributed by atoms with van der Waals surface area (Å²) in [6.45, 7) is 6.01. The number of nitrogens with one attached hydrogen (secondary N) is 2. The Morgan fingerprint density at radius 3 is 2.53 bits per heavy atom. The maximum atomic E-state index is 11.1. The normalized spacial score (nSPS) is 11.6. The van der Waals surface area contributed by atoms with Gasteiger partial charge < -0.3 is 15.7 Å². The molecule has 1 atom stereocenters. The lowest BCUT2D eigenvalue weighted by molar-refractivity contribution is -0.137. The molecule has 0 saturated heterocycles. The van der Waals surface area contributed by atoms with Gasteiger partial charge in [-0.15, -0.1) is 0 Å². The van der Waals surface area contributed by atoms with Crippen LogP contribution in [0, 0.1) is 5.92 Å². The van der Waals surface area contributed by atoms with Crippen LogP contribution in [0.25, 0.3) is 0 Å². The van der Waals surface area contributed by atoms with E-state index in [0.717, 1.165) is 0 Å². The van der Waals surface area contributed by atoms with E-state index in [1.807, 2.05) is 0 Å². The standard InChI is InChI=1S/C9H15BrN2O3/c1-6(3-8(13)14)4-11-9(15)12-5-7(2)10/h6H,2-5H2,1H3,(H,13,14)(H2,11,12,15). The SMILES string of the molecule is C=C(Br)CNC(=O)NCC(C)CC(=O)O. The van der Waals surface area contributed by atoms with Crippen LogP contribution < -0.4 is 10.6 Å². The van der Waals surface area contributed by atoms with E-state index >= 15 is 0 Å². The Morgan fingerprint density at radius 2 is 2.07 bits per heavy atom. The monoisotopic (exact) mass is 278 g/mol. The number of carbonyl (C=O) groups excluding carboxylic acids is 1. The Bertz CT molecular complexity index is 256. The quantitative estimate of drug-likeness (QED) is 0.685. The zero-order chi connectivity index (χ0) is 11.8. The zero-order valence-corrected chi connectivity index (χ0v) is 10.1. The van der Waals surface area contributed by atoms with E-state index in [0.29, 0.717) is 17.6 Å². The van der Waals surface area contributed by atoms with Crippen molar-refractivity contribution < 1.29 is 14.7 Å². The van der Waals surface area contributed by atoms with Gasteiger partial charge in [-0.3, -0.25) is 4.79 Å². The van der Waals surface area contributed by atoms with Crippen molar-refractivity contribution in [2.24, 2.45) is 5.92 Å². The average Bonchev–Trinajstić information content (AvgIpc) is 2.10. The minimum atomic E-state index is -0.862. The van der Waals surface area contributed by atoms with Gasteiger partial charge in [-0.1, -0.05) is 29.4 Å². The van der Waals surface area contributed by atoms with E-state index in [2.05, 4.69) is 33.1 Å². The van der Waals surface area contributed by atoms with Gasteiger partial charge in [0, 0.05) is 17.4 Å². The van der Waals surface area contributed by atoms with Crippen LogP contribution in [0.2, 0.25) is 0 Å². The average molecular weight is 279 g/mol. The molecular formula is C9H15BrN2O3. The molecular weight excluding hydrogens is 264 g/mol. The molecule has 0 heterocycles. The van der Waals surface area contributed by atoms with Crippen LogP contribution >= 0.6 is 15.9 Å². The lowest BCUT2D eigenvalue weighted by atomic mass is 10.1. The number of carboxylic acid groups (broad SMARTS) is 1. The topological polar surface area (TPSA) is 78.4 Å². The summed E-state index contributed by atoms with van der Waals surface area (Å²) in [5, 5.41) is 13.6. The number of carbonyl (C=O) groups is 2. The van der Waals surface area contributed by atoms with Crippen molar-refractivity contribution in [2.75, 3.05) is 13.1 Å². The Labute approximate surface area is 97.1 Å². The van der Waals surface area contributed by atoms with Gasteiger partial charge in [0.15, 0.2) is 0 Å². The first-order chi connectivity index (χ1) is 6.91. The molecule has 0 spiro atoms. The molecule has 15 heavy (non-hydrogen) atoms. The fourth-order valence-electron chi connectivity index (χ4n) is 0.876. The molecule has 3 N–H and O–H groups in total. The van der Waals surface area contributed by atoms with Crippen molar-refractivity contribution in [2.45, 2.75) is 13.3 Å². The number of carboxylic acids is 1. The number of hydrogen-bond donors (Lipinski definition) is 3. The van der Waals surface area contributed by atoms with Crippen LogP contribution in [0.1, 0.15) is 13.3 Å². The molecule has 0 aliphatic rings. The molecule has 0 fully saturated rings. The Balaban J connectivity index is 3.61. The number of rotatable bonds is 6. The van der Waals surface area contributed by atoms with Crippen LogP contribution in [-0.2, 0) is 4.79 Å². The molecule has 2 amide bonds. The molecule has 86 valence electrons. The van der Waals surface area contributed by atoms with Crippen molar-refractivity contribution in [3.8, 4) is 0 Å². The molecule has 0 rings (SSSR count). The largest absolute Gasteiger partial charge is 0.481 e. The second kappa shape index (κ2) is 7.28. The summed E-state index contributed by atoms with van der Waals surface area (Å²) in [5.41, 5.74) is 0. The number of urea groups is 1. The second-order valence-corrected chi connectivity index (χ2v) is 4.41. The third-order valence-electron chi connectivity index (χ3n) is 1.57. The van der Waals surface area contributed by atoms with Gasteiger partial charge in [-0.05, 0) is 5.92 Å². The molecule has 6 heteroatoms. The van der Waals surface area contributed by atoms with Gasteiger partial charge in [0.2, 0.25) is 0 Å². The van der Waals surface area contributed by atoms with Gasteiger partial charge in [-0.25, -0.2) is 4.79 Å². The van der Waals surface area contributed by atoms with Crippen LogP contribution in [0.3, 0.4) is 0 Å². The summed E-state index contributed by atoms with van der Waals surface area (Å²) in [6.07, 6.45) is 0.0471. The minimum Gasteiger partial charge on any atom is -0.481 e. The molecule has 0 aliphatic carbocycles. The molecule has 0 bridgehead atoms. The Morgan fingerprint density at radius 1 is 1.47 bits per heavy atom. The molecule has 0 aromatic carbocycles. The summed E-state index contributed by atoms with van der Waals surface area (Å²) in [6, 6.07) is -0.326. The first-order valence-corrected chi connectivity index (χ1v) is 5.28. The van der Waals surface area contributed by atoms with Gasteiger partial charge in [0.05, 0.1) is 6.54 Å². The van der Waals surface area contributed by atoms with E-state index in [1.54, 1.807) is 6.92 Å². The van der Waals surface area contributed by atoms with Crippen LogP contribution in [-0.4, -0.2) is 30.2 Å². The summed E-state index contributed by atoms with van der Waals surface area (Å²) in [7, 11) is 0. The van der Waals surface area contributed by atoms with E-state index in [1.165, 1.54) is 0 Å². The van der Waals surface area contributed by atoms with E-state index < -0.39 is 5.97 Å². The fourth-order valence-corrected chi connectivity index (χ4v) is 1.02. The van der Waals surface area contributed by atoms with E-state index in [-0.39, 0.29) is 18.4 Å².